The molecule has 5 heteroatoms. The number of hydrogen-bond donors (Lipinski definition) is 2. The van der Waals surface area contributed by atoms with E-state index >= 15 is 0 Å². The van der Waals surface area contributed by atoms with Gasteiger partial charge >= 0.3 is 6.03 Å². The highest BCUT2D eigenvalue weighted by Crippen LogP contribution is 2.16. The van der Waals surface area contributed by atoms with E-state index in [1.807, 2.05) is 24.3 Å². The van der Waals surface area contributed by atoms with Gasteiger partial charge in [0.15, 0.2) is 0 Å². The van der Waals surface area contributed by atoms with E-state index in [0.717, 1.165) is 10.0 Å². The predicted molar refractivity (Wildman–Crippen MR) is 84.9 cm³/mol. The lowest BCUT2D eigenvalue weighted by molar-refractivity contribution is 0.244. The Morgan fingerprint density at radius 2 is 2.00 bits per heavy atom. The van der Waals surface area contributed by atoms with Gasteiger partial charge in [-0.2, -0.15) is 0 Å². The molecule has 0 radical (unpaired) electrons. The van der Waals surface area contributed by atoms with E-state index in [9.17, 15) is 9.18 Å². The summed E-state index contributed by atoms with van der Waals surface area (Å²) in [7, 11) is 0. The molecule has 0 heterocycles. The first-order valence-electron chi connectivity index (χ1n) is 6.35. The van der Waals surface area contributed by atoms with Crippen molar-refractivity contribution in [2.75, 3.05) is 0 Å². The fourth-order valence-electron chi connectivity index (χ4n) is 1.70. The van der Waals surface area contributed by atoms with Gasteiger partial charge in [0.2, 0.25) is 0 Å². The van der Waals surface area contributed by atoms with Crippen LogP contribution >= 0.6 is 15.9 Å². The summed E-state index contributed by atoms with van der Waals surface area (Å²) >= 11 is 3.42. The van der Waals surface area contributed by atoms with Crippen LogP contribution in [-0.2, 0) is 6.54 Å². The van der Waals surface area contributed by atoms with Gasteiger partial charge in [0.1, 0.15) is 5.82 Å². The summed E-state index contributed by atoms with van der Waals surface area (Å²) < 4.78 is 13.9. The molecule has 2 amide bonds. The summed E-state index contributed by atoms with van der Waals surface area (Å²) in [5.74, 6) is -0.316. The number of urea groups is 1. The van der Waals surface area contributed by atoms with Crippen molar-refractivity contribution >= 4 is 28.0 Å². The zero-order valence-electron chi connectivity index (χ0n) is 11.1. The number of rotatable bonds is 4. The fourth-order valence-corrected chi connectivity index (χ4v) is 2.11. The third kappa shape index (κ3) is 5.04. The Morgan fingerprint density at radius 1 is 1.19 bits per heavy atom. The van der Waals surface area contributed by atoms with Crippen molar-refractivity contribution < 1.29 is 9.18 Å². The molecule has 0 atom stereocenters. The highest BCUT2D eigenvalue weighted by atomic mass is 79.9. The van der Waals surface area contributed by atoms with Gasteiger partial charge in [0.25, 0.3) is 0 Å². The van der Waals surface area contributed by atoms with Crippen LogP contribution in [0.4, 0.5) is 9.18 Å². The minimum absolute atomic E-state index is 0.270. The van der Waals surface area contributed by atoms with Gasteiger partial charge < -0.3 is 10.6 Å². The molecule has 0 aliphatic heterocycles. The number of hydrogen-bond acceptors (Lipinski definition) is 1. The second kappa shape index (κ2) is 7.59. The molecular formula is C16H14BrFN2O. The van der Waals surface area contributed by atoms with E-state index in [1.54, 1.807) is 24.4 Å². The Morgan fingerprint density at radius 3 is 2.76 bits per heavy atom. The average Bonchev–Trinajstić information content (AvgIpc) is 2.47. The molecule has 0 aromatic heterocycles. The number of halogens is 2. The third-order valence-electron chi connectivity index (χ3n) is 2.72. The standard InChI is InChI=1S/C16H14BrFN2O/c17-15-7-2-1-5-13(15)8-9-19-16(21)20-11-12-4-3-6-14(18)10-12/h1-10H,11H2,(H2,19,20,21)/b9-8+. The van der Waals surface area contributed by atoms with Crippen LogP contribution in [0.3, 0.4) is 0 Å². The van der Waals surface area contributed by atoms with Crippen LogP contribution in [0.25, 0.3) is 6.08 Å². The van der Waals surface area contributed by atoms with Crippen LogP contribution in [0.2, 0.25) is 0 Å². The smallest absolute Gasteiger partial charge is 0.319 e. The van der Waals surface area contributed by atoms with Gasteiger partial charge in [-0.25, -0.2) is 9.18 Å². The Labute approximate surface area is 131 Å². The molecule has 0 spiro atoms. The second-order valence-electron chi connectivity index (χ2n) is 4.31. The zero-order valence-corrected chi connectivity index (χ0v) is 12.7. The third-order valence-corrected chi connectivity index (χ3v) is 3.45. The lowest BCUT2D eigenvalue weighted by Crippen LogP contribution is -2.31. The van der Waals surface area contributed by atoms with Crippen molar-refractivity contribution in [1.29, 1.82) is 0 Å². The number of nitrogens with one attached hydrogen (secondary N) is 2. The highest BCUT2D eigenvalue weighted by molar-refractivity contribution is 9.10. The van der Waals surface area contributed by atoms with Crippen molar-refractivity contribution in [2.45, 2.75) is 6.54 Å². The van der Waals surface area contributed by atoms with E-state index in [2.05, 4.69) is 26.6 Å². The van der Waals surface area contributed by atoms with Crippen molar-refractivity contribution in [1.82, 2.24) is 10.6 Å². The van der Waals surface area contributed by atoms with Crippen LogP contribution in [0, 0.1) is 5.82 Å². The van der Waals surface area contributed by atoms with Gasteiger partial charge in [-0.3, -0.25) is 0 Å². The molecule has 0 bridgehead atoms. The molecule has 0 fully saturated rings. The molecule has 0 aliphatic carbocycles. The normalized spacial score (nSPS) is 10.6. The molecule has 3 nitrogen and oxygen atoms in total. The average molecular weight is 349 g/mol. The van der Waals surface area contributed by atoms with Gasteiger partial charge in [-0.15, -0.1) is 0 Å². The molecule has 108 valence electrons. The number of benzene rings is 2. The van der Waals surface area contributed by atoms with Crippen LogP contribution in [-0.4, -0.2) is 6.03 Å². The molecular weight excluding hydrogens is 335 g/mol. The maximum Gasteiger partial charge on any atom is 0.319 e. The zero-order chi connectivity index (χ0) is 15.1. The molecule has 0 saturated heterocycles. The molecule has 2 rings (SSSR count). The monoisotopic (exact) mass is 348 g/mol. The van der Waals surface area contributed by atoms with Gasteiger partial charge in [0, 0.05) is 17.2 Å². The number of carbonyl (C=O) groups excluding carboxylic acids is 1. The molecule has 0 aliphatic rings. The Balaban J connectivity index is 1.81. The maximum atomic E-state index is 13.0. The first-order valence-corrected chi connectivity index (χ1v) is 7.14. The molecule has 2 N–H and O–H groups in total. The van der Waals surface area contributed by atoms with Crippen LogP contribution < -0.4 is 10.6 Å². The summed E-state index contributed by atoms with van der Waals surface area (Å²) in [5, 5.41) is 5.25. The van der Waals surface area contributed by atoms with E-state index in [-0.39, 0.29) is 18.4 Å². The summed E-state index contributed by atoms with van der Waals surface area (Å²) in [6.07, 6.45) is 3.34. The first kappa shape index (κ1) is 15.3. The SMILES string of the molecule is O=C(N/C=C/c1ccccc1Br)NCc1cccc(F)c1. The first-order chi connectivity index (χ1) is 10.1. The number of amides is 2. The van der Waals surface area contributed by atoms with E-state index in [4.69, 9.17) is 0 Å². The minimum atomic E-state index is -0.345. The summed E-state index contributed by atoms with van der Waals surface area (Å²) in [6, 6.07) is 13.4. The largest absolute Gasteiger partial charge is 0.334 e. The fraction of sp³-hybridized carbons (Fsp3) is 0.0625. The predicted octanol–water partition coefficient (Wildman–Crippen LogP) is 4.06. The summed E-state index contributed by atoms with van der Waals surface area (Å²) in [5.41, 5.74) is 1.67. The van der Waals surface area contributed by atoms with Crippen molar-refractivity contribution in [3.05, 3.63) is 76.1 Å². The van der Waals surface area contributed by atoms with Crippen LogP contribution in [0.5, 0.6) is 0 Å². The molecule has 2 aromatic carbocycles. The van der Waals surface area contributed by atoms with Crippen molar-refractivity contribution in [3.8, 4) is 0 Å². The summed E-state index contributed by atoms with van der Waals surface area (Å²) in [4.78, 5) is 11.6. The van der Waals surface area contributed by atoms with Crippen molar-refractivity contribution in [2.24, 2.45) is 0 Å². The van der Waals surface area contributed by atoms with E-state index < -0.39 is 0 Å². The maximum absolute atomic E-state index is 13.0. The molecule has 0 saturated carbocycles. The van der Waals surface area contributed by atoms with Gasteiger partial charge in [-0.05, 0) is 35.4 Å². The van der Waals surface area contributed by atoms with Crippen LogP contribution in [0.15, 0.2) is 59.2 Å². The second-order valence-corrected chi connectivity index (χ2v) is 5.17. The van der Waals surface area contributed by atoms with Crippen LogP contribution in [0.1, 0.15) is 11.1 Å². The minimum Gasteiger partial charge on any atom is -0.334 e. The molecule has 21 heavy (non-hydrogen) atoms. The van der Waals surface area contributed by atoms with Crippen molar-refractivity contribution in [3.63, 3.8) is 0 Å². The van der Waals surface area contributed by atoms with E-state index in [1.165, 1.54) is 12.1 Å². The lowest BCUT2D eigenvalue weighted by Gasteiger charge is -2.05. The Bertz CT molecular complexity index is 658. The quantitative estimate of drug-likeness (QED) is 0.859. The van der Waals surface area contributed by atoms with E-state index in [0.29, 0.717) is 5.56 Å². The highest BCUT2D eigenvalue weighted by Gasteiger charge is 1.99. The Hall–Kier alpha value is -2.14. The molecule has 0 unspecified atom stereocenters. The number of carbonyl (C=O) groups is 1. The topological polar surface area (TPSA) is 41.1 Å². The Kier molecular flexibility index (Phi) is 5.51. The lowest BCUT2D eigenvalue weighted by atomic mass is 10.2. The van der Waals surface area contributed by atoms with Gasteiger partial charge in [0.05, 0.1) is 0 Å². The van der Waals surface area contributed by atoms with Gasteiger partial charge in [-0.1, -0.05) is 46.3 Å². The molecule has 2 aromatic rings. The summed E-state index contributed by atoms with van der Waals surface area (Å²) in [6.45, 7) is 0.270.